The molecule has 1 unspecified atom stereocenters. The second-order valence-corrected chi connectivity index (χ2v) is 4.15. The molecule has 4 nitrogen and oxygen atoms in total. The van der Waals surface area contributed by atoms with Crippen LogP contribution in [0, 0.1) is 0 Å². The first-order chi connectivity index (χ1) is 8.22. The Hall–Kier alpha value is -1.84. The molecule has 0 fully saturated rings. The fourth-order valence-electron chi connectivity index (χ4n) is 2.15. The van der Waals surface area contributed by atoms with Crippen LogP contribution in [-0.2, 0) is 6.42 Å². The van der Waals surface area contributed by atoms with E-state index in [1.54, 1.807) is 4.90 Å². The van der Waals surface area contributed by atoms with Gasteiger partial charge in [-0.1, -0.05) is 30.3 Å². The third-order valence-electron chi connectivity index (χ3n) is 3.08. The number of aryl methyl sites for hydroxylation is 1. The Bertz CT molecular complexity index is 428. The second kappa shape index (κ2) is 4.99. The predicted octanol–water partition coefficient (Wildman–Crippen LogP) is 1.80. The highest BCUT2D eigenvalue weighted by Crippen LogP contribution is 2.16. The number of amidine groups is 1. The number of hydrogen-bond donors (Lipinski definition) is 1. The molecular formula is C13H17N3O. The lowest BCUT2D eigenvalue weighted by atomic mass is 10.0. The largest absolute Gasteiger partial charge is 0.385 e. The number of likely N-dealkylation sites (N-methyl/N-ethyl adjacent to an activating group) is 1. The van der Waals surface area contributed by atoms with E-state index in [0.29, 0.717) is 12.4 Å². The first-order valence-corrected chi connectivity index (χ1v) is 5.91. The van der Waals surface area contributed by atoms with Gasteiger partial charge in [-0.25, -0.2) is 4.79 Å². The SMILES string of the molecule is CCN1C(=O)N=C(N)C1CCc1ccccc1. The summed E-state index contributed by atoms with van der Waals surface area (Å²) >= 11 is 0. The van der Waals surface area contributed by atoms with Gasteiger partial charge in [-0.2, -0.15) is 4.99 Å². The third-order valence-corrected chi connectivity index (χ3v) is 3.08. The van der Waals surface area contributed by atoms with Gasteiger partial charge in [-0.3, -0.25) is 0 Å². The zero-order chi connectivity index (χ0) is 12.3. The molecule has 0 bridgehead atoms. The average Bonchev–Trinajstić information content (AvgIpc) is 2.62. The molecule has 90 valence electrons. The van der Waals surface area contributed by atoms with Crippen LogP contribution in [0.4, 0.5) is 4.79 Å². The van der Waals surface area contributed by atoms with Crippen LogP contribution in [0.2, 0.25) is 0 Å². The lowest BCUT2D eigenvalue weighted by Crippen LogP contribution is -2.40. The van der Waals surface area contributed by atoms with E-state index >= 15 is 0 Å². The summed E-state index contributed by atoms with van der Waals surface area (Å²) in [5, 5.41) is 0. The fraction of sp³-hybridized carbons (Fsp3) is 0.385. The molecule has 0 saturated carbocycles. The molecule has 1 aromatic carbocycles. The van der Waals surface area contributed by atoms with E-state index in [1.807, 2.05) is 25.1 Å². The molecule has 1 atom stereocenters. The molecule has 2 N–H and O–H groups in total. The van der Waals surface area contributed by atoms with Crippen LogP contribution in [0.5, 0.6) is 0 Å². The van der Waals surface area contributed by atoms with Gasteiger partial charge in [0.1, 0.15) is 5.84 Å². The minimum atomic E-state index is -0.205. The van der Waals surface area contributed by atoms with Gasteiger partial charge < -0.3 is 10.6 Å². The molecule has 1 aromatic rings. The van der Waals surface area contributed by atoms with Crippen LogP contribution in [0.25, 0.3) is 0 Å². The Morgan fingerprint density at radius 3 is 2.71 bits per heavy atom. The summed E-state index contributed by atoms with van der Waals surface area (Å²) < 4.78 is 0. The third kappa shape index (κ3) is 2.46. The van der Waals surface area contributed by atoms with Gasteiger partial charge in [-0.15, -0.1) is 0 Å². The highest BCUT2D eigenvalue weighted by Gasteiger charge is 2.31. The summed E-state index contributed by atoms with van der Waals surface area (Å²) in [5.41, 5.74) is 7.05. The summed E-state index contributed by atoms with van der Waals surface area (Å²) in [6, 6.07) is 9.96. The molecule has 1 aliphatic rings. The highest BCUT2D eigenvalue weighted by atomic mass is 16.2. The van der Waals surface area contributed by atoms with E-state index in [0.717, 1.165) is 12.8 Å². The van der Waals surface area contributed by atoms with Crippen molar-refractivity contribution in [1.29, 1.82) is 0 Å². The lowest BCUT2D eigenvalue weighted by molar-refractivity contribution is 0.207. The van der Waals surface area contributed by atoms with Gasteiger partial charge in [0.05, 0.1) is 6.04 Å². The maximum atomic E-state index is 11.5. The van der Waals surface area contributed by atoms with E-state index in [9.17, 15) is 4.79 Å². The number of nitrogens with zero attached hydrogens (tertiary/aromatic N) is 2. The van der Waals surface area contributed by atoms with Crippen LogP contribution in [0.15, 0.2) is 35.3 Å². The highest BCUT2D eigenvalue weighted by molar-refractivity contribution is 6.02. The number of carbonyl (C=O) groups is 1. The summed E-state index contributed by atoms with van der Waals surface area (Å²) in [5.74, 6) is 0.452. The number of urea groups is 1. The summed E-state index contributed by atoms with van der Waals surface area (Å²) in [6.07, 6.45) is 1.74. The van der Waals surface area contributed by atoms with Crippen LogP contribution in [0.1, 0.15) is 18.9 Å². The Balaban J connectivity index is 1.99. The second-order valence-electron chi connectivity index (χ2n) is 4.15. The van der Waals surface area contributed by atoms with Crippen molar-refractivity contribution in [3.63, 3.8) is 0 Å². The van der Waals surface area contributed by atoms with Crippen molar-refractivity contribution in [2.24, 2.45) is 10.7 Å². The van der Waals surface area contributed by atoms with Crippen molar-refractivity contribution in [1.82, 2.24) is 4.90 Å². The quantitative estimate of drug-likeness (QED) is 0.859. The molecule has 1 aliphatic heterocycles. The molecule has 0 radical (unpaired) electrons. The summed E-state index contributed by atoms with van der Waals surface area (Å²) in [7, 11) is 0. The number of hydrogen-bond acceptors (Lipinski definition) is 2. The maximum absolute atomic E-state index is 11.5. The molecule has 2 amide bonds. The van der Waals surface area contributed by atoms with Crippen molar-refractivity contribution in [2.75, 3.05) is 6.54 Å². The minimum Gasteiger partial charge on any atom is -0.385 e. The zero-order valence-electron chi connectivity index (χ0n) is 9.97. The molecule has 0 saturated heterocycles. The molecule has 0 aromatic heterocycles. The van der Waals surface area contributed by atoms with Crippen molar-refractivity contribution in [2.45, 2.75) is 25.8 Å². The van der Waals surface area contributed by atoms with E-state index in [4.69, 9.17) is 5.73 Å². The van der Waals surface area contributed by atoms with E-state index in [2.05, 4.69) is 17.1 Å². The number of aliphatic imine (C=N–C) groups is 1. The van der Waals surface area contributed by atoms with Crippen molar-refractivity contribution < 1.29 is 4.79 Å². The molecule has 2 rings (SSSR count). The van der Waals surface area contributed by atoms with Gasteiger partial charge in [0.25, 0.3) is 0 Å². The van der Waals surface area contributed by atoms with Crippen molar-refractivity contribution >= 4 is 11.9 Å². The van der Waals surface area contributed by atoms with Crippen LogP contribution >= 0.6 is 0 Å². The van der Waals surface area contributed by atoms with E-state index < -0.39 is 0 Å². The zero-order valence-corrected chi connectivity index (χ0v) is 9.97. The van der Waals surface area contributed by atoms with Gasteiger partial charge in [0.15, 0.2) is 0 Å². The topological polar surface area (TPSA) is 58.7 Å². The van der Waals surface area contributed by atoms with Crippen LogP contribution in [-0.4, -0.2) is 29.4 Å². The fourth-order valence-corrected chi connectivity index (χ4v) is 2.15. The smallest absolute Gasteiger partial charge is 0.345 e. The average molecular weight is 231 g/mol. The van der Waals surface area contributed by atoms with E-state index in [-0.39, 0.29) is 12.1 Å². The predicted molar refractivity (Wildman–Crippen MR) is 67.9 cm³/mol. The summed E-state index contributed by atoms with van der Waals surface area (Å²) in [6.45, 7) is 2.60. The van der Waals surface area contributed by atoms with Gasteiger partial charge in [0.2, 0.25) is 0 Å². The molecule has 17 heavy (non-hydrogen) atoms. The van der Waals surface area contributed by atoms with Gasteiger partial charge in [0, 0.05) is 6.54 Å². The van der Waals surface area contributed by atoms with Crippen molar-refractivity contribution in [3.05, 3.63) is 35.9 Å². The maximum Gasteiger partial charge on any atom is 0.345 e. The molecule has 0 aliphatic carbocycles. The van der Waals surface area contributed by atoms with Crippen molar-refractivity contribution in [3.8, 4) is 0 Å². The van der Waals surface area contributed by atoms with Crippen LogP contribution < -0.4 is 5.73 Å². The standard InChI is InChI=1S/C13H17N3O/c1-2-16-11(12(14)15-13(16)17)9-8-10-6-4-3-5-7-10/h3-7,11H,2,8-9H2,1H3,(H2,14,15,17). The van der Waals surface area contributed by atoms with Gasteiger partial charge >= 0.3 is 6.03 Å². The Morgan fingerprint density at radius 2 is 2.06 bits per heavy atom. The number of amides is 2. The first kappa shape index (κ1) is 11.6. The number of rotatable bonds is 4. The number of benzene rings is 1. The lowest BCUT2D eigenvalue weighted by Gasteiger charge is -2.22. The molecule has 0 spiro atoms. The summed E-state index contributed by atoms with van der Waals surface area (Å²) in [4.78, 5) is 17.0. The molecule has 1 heterocycles. The molecular weight excluding hydrogens is 214 g/mol. The number of carbonyl (C=O) groups excluding carboxylic acids is 1. The Kier molecular flexibility index (Phi) is 3.42. The number of nitrogens with two attached hydrogens (primary N) is 1. The molecule has 4 heteroatoms. The minimum absolute atomic E-state index is 0.0345. The normalized spacial score (nSPS) is 19.6. The van der Waals surface area contributed by atoms with Gasteiger partial charge in [-0.05, 0) is 25.3 Å². The van der Waals surface area contributed by atoms with Crippen LogP contribution in [0.3, 0.4) is 0 Å². The monoisotopic (exact) mass is 231 g/mol. The Labute approximate surface area is 101 Å². The van der Waals surface area contributed by atoms with E-state index in [1.165, 1.54) is 5.56 Å². The Morgan fingerprint density at radius 1 is 1.35 bits per heavy atom. The first-order valence-electron chi connectivity index (χ1n) is 5.91.